The Balaban J connectivity index is 1.62. The summed E-state index contributed by atoms with van der Waals surface area (Å²) >= 11 is 1.11. The standard InChI is InChI=1S/C22H17F2N5O2S/c1-31-21-18(7-4-12-25-21)26-19(30)13-32-22-28-27-20(16-5-2-3-6-17(16)24)29(22)15-10-8-14(23)9-11-15/h2-12H,13H2,1H3,(H,26,30). The molecule has 2 heterocycles. The molecule has 0 saturated heterocycles. The third-order valence-corrected chi connectivity index (χ3v) is 5.33. The first-order valence-electron chi connectivity index (χ1n) is 9.44. The van der Waals surface area contributed by atoms with E-state index in [1.807, 2.05) is 0 Å². The SMILES string of the molecule is COc1ncccc1NC(=O)CSc1nnc(-c2ccccc2F)n1-c1ccc(F)cc1. The number of carbonyl (C=O) groups is 1. The van der Waals surface area contributed by atoms with Gasteiger partial charge in [0.15, 0.2) is 11.0 Å². The van der Waals surface area contributed by atoms with Crippen LogP contribution in [0.5, 0.6) is 5.88 Å². The lowest BCUT2D eigenvalue weighted by Crippen LogP contribution is -2.15. The average Bonchev–Trinajstić information content (AvgIpc) is 3.22. The van der Waals surface area contributed by atoms with Gasteiger partial charge in [-0.05, 0) is 48.5 Å². The number of halogens is 2. The zero-order chi connectivity index (χ0) is 22.5. The van der Waals surface area contributed by atoms with Gasteiger partial charge in [0.05, 0.1) is 18.4 Å². The topological polar surface area (TPSA) is 81.9 Å². The normalized spacial score (nSPS) is 10.7. The van der Waals surface area contributed by atoms with Crippen LogP contribution in [0.1, 0.15) is 0 Å². The summed E-state index contributed by atoms with van der Waals surface area (Å²) in [5.41, 5.74) is 1.21. The molecule has 0 aliphatic rings. The molecule has 0 radical (unpaired) electrons. The number of ether oxygens (including phenoxy) is 1. The van der Waals surface area contributed by atoms with Gasteiger partial charge in [-0.1, -0.05) is 23.9 Å². The molecule has 4 aromatic rings. The molecule has 4 rings (SSSR count). The second-order valence-corrected chi connectivity index (χ2v) is 7.44. The quantitative estimate of drug-likeness (QED) is 0.419. The number of amides is 1. The van der Waals surface area contributed by atoms with Crippen molar-refractivity contribution >= 4 is 23.4 Å². The van der Waals surface area contributed by atoms with E-state index in [4.69, 9.17) is 4.74 Å². The first-order chi connectivity index (χ1) is 15.6. The Bertz CT molecular complexity index is 1250. The van der Waals surface area contributed by atoms with Crippen molar-refractivity contribution in [2.75, 3.05) is 18.2 Å². The van der Waals surface area contributed by atoms with Crippen LogP contribution in [0.15, 0.2) is 72.0 Å². The van der Waals surface area contributed by atoms with Gasteiger partial charge in [0.1, 0.15) is 17.3 Å². The zero-order valence-electron chi connectivity index (χ0n) is 16.8. The summed E-state index contributed by atoms with van der Waals surface area (Å²) in [7, 11) is 1.46. The Hall–Kier alpha value is -3.79. The number of carbonyl (C=O) groups excluding carboxylic acids is 1. The van der Waals surface area contributed by atoms with Crippen LogP contribution in [-0.4, -0.2) is 38.5 Å². The molecule has 10 heteroatoms. The summed E-state index contributed by atoms with van der Waals surface area (Å²) in [5.74, 6) is -0.667. The van der Waals surface area contributed by atoms with E-state index in [0.717, 1.165) is 11.8 Å². The molecular formula is C22H17F2N5O2S. The van der Waals surface area contributed by atoms with Gasteiger partial charge in [-0.2, -0.15) is 0 Å². The van der Waals surface area contributed by atoms with E-state index in [-0.39, 0.29) is 23.0 Å². The van der Waals surface area contributed by atoms with Crippen molar-refractivity contribution in [3.63, 3.8) is 0 Å². The van der Waals surface area contributed by atoms with E-state index in [1.54, 1.807) is 41.1 Å². The maximum Gasteiger partial charge on any atom is 0.237 e. The highest BCUT2D eigenvalue weighted by molar-refractivity contribution is 7.99. The van der Waals surface area contributed by atoms with Crippen molar-refractivity contribution < 1.29 is 18.3 Å². The van der Waals surface area contributed by atoms with Crippen LogP contribution in [0.3, 0.4) is 0 Å². The Morgan fingerprint density at radius 2 is 1.84 bits per heavy atom. The Morgan fingerprint density at radius 3 is 2.59 bits per heavy atom. The number of methoxy groups -OCH3 is 1. The number of thioether (sulfide) groups is 1. The van der Waals surface area contributed by atoms with Crippen molar-refractivity contribution in [2.45, 2.75) is 5.16 Å². The lowest BCUT2D eigenvalue weighted by molar-refractivity contribution is -0.113. The molecular weight excluding hydrogens is 436 g/mol. The predicted molar refractivity (Wildman–Crippen MR) is 117 cm³/mol. The molecule has 7 nitrogen and oxygen atoms in total. The highest BCUT2D eigenvalue weighted by Crippen LogP contribution is 2.30. The van der Waals surface area contributed by atoms with Gasteiger partial charge in [0, 0.05) is 11.9 Å². The fourth-order valence-electron chi connectivity index (χ4n) is 2.97. The fourth-order valence-corrected chi connectivity index (χ4v) is 3.72. The van der Waals surface area contributed by atoms with Gasteiger partial charge in [-0.25, -0.2) is 13.8 Å². The third-order valence-electron chi connectivity index (χ3n) is 4.40. The highest BCUT2D eigenvalue weighted by Gasteiger charge is 2.20. The monoisotopic (exact) mass is 453 g/mol. The first-order valence-corrected chi connectivity index (χ1v) is 10.4. The summed E-state index contributed by atoms with van der Waals surface area (Å²) in [6.45, 7) is 0. The van der Waals surface area contributed by atoms with Crippen molar-refractivity contribution in [3.05, 3.63) is 78.5 Å². The molecule has 2 aromatic heterocycles. The van der Waals surface area contributed by atoms with Crippen LogP contribution in [-0.2, 0) is 4.79 Å². The number of pyridine rings is 1. The minimum Gasteiger partial charge on any atom is -0.480 e. The van der Waals surface area contributed by atoms with Crippen LogP contribution in [0.4, 0.5) is 14.5 Å². The van der Waals surface area contributed by atoms with Crippen molar-refractivity contribution in [2.24, 2.45) is 0 Å². The molecule has 0 aliphatic heterocycles. The number of benzene rings is 2. The molecule has 0 bridgehead atoms. The lowest BCUT2D eigenvalue weighted by Gasteiger charge is -2.11. The number of aromatic nitrogens is 4. The number of nitrogens with zero attached hydrogens (tertiary/aromatic N) is 4. The van der Waals surface area contributed by atoms with Gasteiger partial charge in [-0.3, -0.25) is 9.36 Å². The number of rotatable bonds is 7. The number of nitrogens with one attached hydrogen (secondary N) is 1. The molecule has 32 heavy (non-hydrogen) atoms. The second kappa shape index (κ2) is 9.56. The summed E-state index contributed by atoms with van der Waals surface area (Å²) in [5, 5.41) is 11.4. The lowest BCUT2D eigenvalue weighted by atomic mass is 10.2. The Morgan fingerprint density at radius 1 is 1.06 bits per heavy atom. The highest BCUT2D eigenvalue weighted by atomic mass is 32.2. The Labute approximate surface area is 186 Å². The molecule has 1 N–H and O–H groups in total. The van der Waals surface area contributed by atoms with Gasteiger partial charge in [-0.15, -0.1) is 10.2 Å². The number of anilines is 1. The summed E-state index contributed by atoms with van der Waals surface area (Å²) in [6, 6.07) is 15.2. The first kappa shape index (κ1) is 21.4. The second-order valence-electron chi connectivity index (χ2n) is 6.49. The summed E-state index contributed by atoms with van der Waals surface area (Å²) < 4.78 is 34.6. The Kier molecular flexibility index (Phi) is 6.41. The molecule has 2 aromatic carbocycles. The van der Waals surface area contributed by atoms with Crippen molar-refractivity contribution in [1.82, 2.24) is 19.7 Å². The molecule has 0 unspecified atom stereocenters. The molecule has 1 amide bonds. The van der Waals surface area contributed by atoms with Crippen LogP contribution < -0.4 is 10.1 Å². The molecule has 162 valence electrons. The third kappa shape index (κ3) is 4.59. The summed E-state index contributed by atoms with van der Waals surface area (Å²) in [4.78, 5) is 16.5. The van der Waals surface area contributed by atoms with Crippen LogP contribution >= 0.6 is 11.8 Å². The van der Waals surface area contributed by atoms with E-state index in [1.165, 1.54) is 37.4 Å². The number of hydrogen-bond acceptors (Lipinski definition) is 6. The molecule has 0 fully saturated rings. The predicted octanol–water partition coefficient (Wildman–Crippen LogP) is 4.35. The largest absolute Gasteiger partial charge is 0.480 e. The molecule has 0 atom stereocenters. The van der Waals surface area contributed by atoms with E-state index in [2.05, 4.69) is 20.5 Å². The van der Waals surface area contributed by atoms with Crippen LogP contribution in [0.2, 0.25) is 0 Å². The van der Waals surface area contributed by atoms with E-state index in [9.17, 15) is 13.6 Å². The van der Waals surface area contributed by atoms with Crippen LogP contribution in [0.25, 0.3) is 17.1 Å². The van der Waals surface area contributed by atoms with E-state index >= 15 is 0 Å². The van der Waals surface area contributed by atoms with E-state index < -0.39 is 11.6 Å². The van der Waals surface area contributed by atoms with Gasteiger partial charge in [0.25, 0.3) is 0 Å². The zero-order valence-corrected chi connectivity index (χ0v) is 17.6. The maximum absolute atomic E-state index is 14.4. The average molecular weight is 453 g/mol. The van der Waals surface area contributed by atoms with Gasteiger partial charge in [0.2, 0.25) is 11.8 Å². The summed E-state index contributed by atoms with van der Waals surface area (Å²) in [6.07, 6.45) is 1.55. The minimum absolute atomic E-state index is 0.00531. The van der Waals surface area contributed by atoms with Gasteiger partial charge < -0.3 is 10.1 Å². The fraction of sp³-hybridized carbons (Fsp3) is 0.0909. The van der Waals surface area contributed by atoms with Gasteiger partial charge >= 0.3 is 0 Å². The molecule has 0 spiro atoms. The number of hydrogen-bond donors (Lipinski definition) is 1. The minimum atomic E-state index is -0.471. The van der Waals surface area contributed by atoms with E-state index in [0.29, 0.717) is 22.4 Å². The molecule has 0 aliphatic carbocycles. The maximum atomic E-state index is 14.4. The smallest absolute Gasteiger partial charge is 0.237 e. The van der Waals surface area contributed by atoms with Crippen molar-refractivity contribution in [3.8, 4) is 23.0 Å². The van der Waals surface area contributed by atoms with Crippen LogP contribution in [0, 0.1) is 11.6 Å². The molecule has 0 saturated carbocycles. The van der Waals surface area contributed by atoms with Crippen molar-refractivity contribution in [1.29, 1.82) is 0 Å².